The van der Waals surface area contributed by atoms with Crippen LogP contribution >= 0.6 is 11.3 Å². The number of hydrogen-bond acceptors (Lipinski definition) is 18. The molecule has 7 aromatic rings. The fourth-order valence-electron chi connectivity index (χ4n) is 12.8. The number of benzene rings is 3. The van der Waals surface area contributed by atoms with Gasteiger partial charge in [-0.25, -0.2) is 9.37 Å². The second kappa shape index (κ2) is 21.7. The molecule has 5 N–H and O–H groups in total. The Morgan fingerprint density at radius 3 is 2.52 bits per heavy atom. The number of thiazole rings is 1. The number of piperazine rings is 2. The molecule has 20 heteroatoms. The van der Waals surface area contributed by atoms with E-state index in [0.717, 1.165) is 110 Å². The predicted octanol–water partition coefficient (Wildman–Crippen LogP) is 6.95. The van der Waals surface area contributed by atoms with E-state index in [1.54, 1.807) is 29.7 Å². The van der Waals surface area contributed by atoms with Gasteiger partial charge in [0.15, 0.2) is 23.0 Å². The highest BCUT2D eigenvalue weighted by molar-refractivity contribution is 7.13. The van der Waals surface area contributed by atoms with Gasteiger partial charge in [0.2, 0.25) is 5.91 Å². The first kappa shape index (κ1) is 53.9. The maximum absolute atomic E-state index is 17.3. The van der Waals surface area contributed by atoms with Crippen molar-refractivity contribution < 1.29 is 33.5 Å². The fourth-order valence-corrected chi connectivity index (χ4v) is 13.6. The Bertz CT molecular complexity index is 3450. The average Bonchev–Trinajstić information content (AvgIpc) is 4.27. The van der Waals surface area contributed by atoms with Gasteiger partial charge in [0.25, 0.3) is 0 Å². The number of β-amino-alcohol motifs (C(OH)–C–C–N with tert-alkyl or cyclic N) is 1. The van der Waals surface area contributed by atoms with Gasteiger partial charge in [0.05, 0.1) is 39.7 Å². The van der Waals surface area contributed by atoms with Gasteiger partial charge >= 0.3 is 6.01 Å². The highest BCUT2D eigenvalue weighted by Crippen LogP contribution is 2.41. The Hall–Kier alpha value is -6.68. The molecule has 12 rings (SSSR count). The zero-order valence-electron chi connectivity index (χ0n) is 46.3. The number of pyridine rings is 1. The summed E-state index contributed by atoms with van der Waals surface area (Å²) in [6, 6.07) is 19.5. The minimum absolute atomic E-state index is 0.0127. The van der Waals surface area contributed by atoms with Gasteiger partial charge < -0.3 is 39.9 Å². The Kier molecular flexibility index (Phi) is 14.6. The van der Waals surface area contributed by atoms with Crippen molar-refractivity contribution in [3.05, 3.63) is 101 Å². The maximum atomic E-state index is 17.3. The number of phenolic OH excluding ortho intramolecular Hbond substituents is 1. The van der Waals surface area contributed by atoms with E-state index in [9.17, 15) is 19.8 Å². The van der Waals surface area contributed by atoms with Crippen LogP contribution in [-0.2, 0) is 21.4 Å². The minimum atomic E-state index is -1.60. The summed E-state index contributed by atoms with van der Waals surface area (Å²) in [7, 11) is 2.11. The molecular formula is C60H71FN12O6S. The predicted molar refractivity (Wildman–Crippen MR) is 307 cm³/mol. The molecule has 18 nitrogen and oxygen atoms in total. The van der Waals surface area contributed by atoms with Crippen LogP contribution in [0.4, 0.5) is 16.0 Å². The van der Waals surface area contributed by atoms with Crippen LogP contribution in [0.5, 0.6) is 11.8 Å². The number of aliphatic hydroxyl groups is 1. The number of fused-ring (bicyclic) bond motifs is 4. The second-order valence-electron chi connectivity index (χ2n) is 23.7. The molecule has 9 heterocycles. The number of aryl methyl sites for hydroxylation is 2. The molecule has 0 saturated carbocycles. The molecule has 0 spiro atoms. The summed E-state index contributed by atoms with van der Waals surface area (Å²) < 4.78 is 29.8. The molecule has 5 aliphatic heterocycles. The third-order valence-corrected chi connectivity index (χ3v) is 18.5. The number of carbonyl (C=O) groups excluding carboxylic acids is 2. The SMILES string of the molecule is CCc1cccc2cc(O)cc(-c3ncc4c(N5CC6CCC(C5)N6)nc(OC[C@@H]5CN(CC6CN(c7cc(C(C)(C)CC(=O)[C@@]8(C(=O)N[C@@H](C)c9ccc(-c%10scnc%10C)cc9)CC(O)CN8)on7)C6)CCN5C)nc4c3F)c12. The zero-order valence-corrected chi connectivity index (χ0v) is 47.2. The van der Waals surface area contributed by atoms with E-state index in [2.05, 4.69) is 59.7 Å². The molecule has 6 atom stereocenters. The standard InChI is InChI=1S/C60H71FN12O6S/c1-7-37-9-8-10-40-19-44(74)20-46(51(37)40)53-52(61)54-47(25-62-53)56(73-29-41-15-16-42(30-73)66-41)68-58(67-54)78-32-43-31-71(18-17-70(43)6)26-36-27-72(28-36)50-21-49(79-69-50)59(4,5)23-48(76)60(22-45(75)24-64-60)57(77)65-34(2)38-11-13-39(14-12-38)55-35(3)63-33-80-55/h8-14,19-21,25,33-34,36,41-43,45,64,66,74-75H,7,15-18,22-24,26-32H2,1-6H3,(H,65,77)/t34-,41?,42?,43-,45?,60+/m0/s1. The first-order valence-electron chi connectivity index (χ1n) is 28.2. The van der Waals surface area contributed by atoms with Crippen LogP contribution < -0.4 is 30.5 Å². The monoisotopic (exact) mass is 1110 g/mol. The fraction of sp³-hybridized carbons (Fsp3) is 0.483. The van der Waals surface area contributed by atoms with Crippen molar-refractivity contribution in [1.82, 2.24) is 50.8 Å². The number of nitrogens with one attached hydrogen (secondary N) is 3. The van der Waals surface area contributed by atoms with Gasteiger partial charge in [-0.15, -0.1) is 11.3 Å². The molecule has 2 bridgehead atoms. The quantitative estimate of drug-likeness (QED) is 0.0584. The van der Waals surface area contributed by atoms with Gasteiger partial charge in [-0.05, 0) is 79.8 Å². The number of ether oxygens (including phenoxy) is 1. The van der Waals surface area contributed by atoms with E-state index in [0.29, 0.717) is 53.0 Å². The second-order valence-corrected chi connectivity index (χ2v) is 24.5. The summed E-state index contributed by atoms with van der Waals surface area (Å²) in [5, 5.41) is 38.0. The lowest BCUT2D eigenvalue weighted by Crippen LogP contribution is -2.60. The lowest BCUT2D eigenvalue weighted by atomic mass is 9.77. The number of anilines is 2. The molecule has 1 amide bonds. The number of likely N-dealkylation sites (N-methyl/N-ethyl adjacent to an activating group) is 1. The molecule has 0 radical (unpaired) electrons. The Morgan fingerprint density at radius 1 is 1.01 bits per heavy atom. The van der Waals surface area contributed by atoms with Gasteiger partial charge in [-0.1, -0.05) is 68.4 Å². The third kappa shape index (κ3) is 10.4. The largest absolute Gasteiger partial charge is 0.508 e. The van der Waals surface area contributed by atoms with E-state index in [1.807, 2.05) is 81.7 Å². The van der Waals surface area contributed by atoms with Crippen LogP contribution in [0, 0.1) is 18.7 Å². The Morgan fingerprint density at radius 2 is 1.80 bits per heavy atom. The highest BCUT2D eigenvalue weighted by atomic mass is 32.1. The summed E-state index contributed by atoms with van der Waals surface area (Å²) in [5.74, 6) is 0.923. The maximum Gasteiger partial charge on any atom is 0.319 e. The number of aromatic nitrogens is 5. The summed E-state index contributed by atoms with van der Waals surface area (Å²) in [6.07, 6.45) is 3.66. The molecule has 5 fully saturated rings. The molecule has 4 aromatic heterocycles. The highest BCUT2D eigenvalue weighted by Gasteiger charge is 2.52. The van der Waals surface area contributed by atoms with Crippen molar-refractivity contribution in [2.24, 2.45) is 5.92 Å². The Labute approximate surface area is 469 Å². The van der Waals surface area contributed by atoms with E-state index < -0.39 is 28.8 Å². The summed E-state index contributed by atoms with van der Waals surface area (Å²) in [5.41, 5.74) is 4.14. The summed E-state index contributed by atoms with van der Waals surface area (Å²) in [6.45, 7) is 16.7. The van der Waals surface area contributed by atoms with E-state index in [4.69, 9.17) is 24.2 Å². The molecule has 0 aliphatic carbocycles. The normalized spacial score (nSPS) is 23.2. The number of rotatable bonds is 17. The number of nitrogens with zero attached hydrogens (tertiary/aromatic N) is 9. The van der Waals surface area contributed by atoms with Crippen molar-refractivity contribution in [2.75, 3.05) is 82.4 Å². The van der Waals surface area contributed by atoms with Crippen LogP contribution in [0.3, 0.4) is 0 Å². The van der Waals surface area contributed by atoms with Crippen molar-refractivity contribution >= 4 is 56.3 Å². The van der Waals surface area contributed by atoms with Crippen LogP contribution in [0.15, 0.2) is 76.9 Å². The third-order valence-electron chi connectivity index (χ3n) is 17.5. The number of aromatic hydroxyl groups is 1. The lowest BCUT2D eigenvalue weighted by molar-refractivity contribution is -0.138. The number of Topliss-reactive ketones (excluding diaryl/α,β-unsaturated/α-hetero) is 1. The van der Waals surface area contributed by atoms with Crippen molar-refractivity contribution in [1.29, 1.82) is 0 Å². The zero-order chi connectivity index (χ0) is 55.6. The van der Waals surface area contributed by atoms with Gasteiger partial charge in [0.1, 0.15) is 35.1 Å². The molecule has 3 aromatic carbocycles. The molecule has 3 unspecified atom stereocenters. The number of phenols is 1. The number of carbonyl (C=O) groups is 2. The molecule has 80 heavy (non-hydrogen) atoms. The number of aliphatic hydroxyl groups excluding tert-OH is 1. The Balaban J connectivity index is 0.684. The average molecular weight is 1110 g/mol. The van der Waals surface area contributed by atoms with Gasteiger partial charge in [-0.3, -0.25) is 29.7 Å². The van der Waals surface area contributed by atoms with Crippen LogP contribution in [0.2, 0.25) is 0 Å². The summed E-state index contributed by atoms with van der Waals surface area (Å²) >= 11 is 1.58. The molecular weight excluding hydrogens is 1040 g/mol. The molecule has 5 saturated heterocycles. The first-order valence-corrected chi connectivity index (χ1v) is 29.1. The molecule has 420 valence electrons. The minimum Gasteiger partial charge on any atom is -0.508 e. The van der Waals surface area contributed by atoms with Crippen LogP contribution in [-0.4, -0.2) is 159 Å². The van der Waals surface area contributed by atoms with Crippen LogP contribution in [0.25, 0.3) is 43.4 Å². The number of halogens is 1. The topological polar surface area (TPSA) is 210 Å². The van der Waals surface area contributed by atoms with Crippen molar-refractivity contribution in [3.63, 3.8) is 0 Å². The molecule has 5 aliphatic rings. The van der Waals surface area contributed by atoms with E-state index in [1.165, 1.54) is 0 Å². The van der Waals surface area contributed by atoms with Crippen molar-refractivity contribution in [2.45, 2.75) is 108 Å². The number of hydrogen-bond donors (Lipinski definition) is 5. The van der Waals surface area contributed by atoms with Gasteiger partial charge in [0, 0.05) is 113 Å². The summed E-state index contributed by atoms with van der Waals surface area (Å²) in [4.78, 5) is 57.7. The number of amides is 1. The van der Waals surface area contributed by atoms with Gasteiger partial charge in [-0.2, -0.15) is 9.97 Å². The first-order chi connectivity index (χ1) is 38.5. The smallest absolute Gasteiger partial charge is 0.319 e. The number of ketones is 1. The van der Waals surface area contributed by atoms with Crippen LogP contribution in [0.1, 0.15) is 82.0 Å². The van der Waals surface area contributed by atoms with Crippen molar-refractivity contribution in [3.8, 4) is 33.5 Å². The van der Waals surface area contributed by atoms with E-state index >= 15 is 4.39 Å². The van der Waals surface area contributed by atoms with E-state index in [-0.39, 0.29) is 60.2 Å². The lowest BCUT2D eigenvalue weighted by Gasteiger charge is -2.45.